The highest BCUT2D eigenvalue weighted by molar-refractivity contribution is 7.90. The van der Waals surface area contributed by atoms with Crippen molar-refractivity contribution in [1.29, 1.82) is 0 Å². The smallest absolute Gasteiger partial charge is 0.389 e. The maximum Gasteiger partial charge on any atom is 0.440 e. The number of carbonyl (C=O) groups excluding carboxylic acids is 2. The van der Waals surface area contributed by atoms with Crippen LogP contribution in [0.5, 0.6) is 5.88 Å². The van der Waals surface area contributed by atoms with E-state index in [-0.39, 0.29) is 16.3 Å². The van der Waals surface area contributed by atoms with Crippen LogP contribution >= 0.6 is 0 Å². The lowest BCUT2D eigenvalue weighted by molar-refractivity contribution is -0.0796. The van der Waals surface area contributed by atoms with Crippen LogP contribution in [0.4, 0.5) is 4.79 Å². The summed E-state index contributed by atoms with van der Waals surface area (Å²) in [5.74, 6) is -0.439. The fourth-order valence-electron chi connectivity index (χ4n) is 3.24. The highest BCUT2D eigenvalue weighted by atomic mass is 32.2. The first kappa shape index (κ1) is 22.6. The molecule has 1 heterocycles. The molecule has 0 radical (unpaired) electrons. The number of amides is 1. The van der Waals surface area contributed by atoms with E-state index in [2.05, 4.69) is 5.10 Å². The molecule has 0 aliphatic heterocycles. The Hall–Kier alpha value is -2.72. The summed E-state index contributed by atoms with van der Waals surface area (Å²) in [5, 5.41) is 5.06. The molecule has 1 amide bonds. The van der Waals surface area contributed by atoms with Crippen LogP contribution in [0.25, 0.3) is 0 Å². The van der Waals surface area contributed by atoms with E-state index in [1.807, 2.05) is 0 Å². The third kappa shape index (κ3) is 4.18. The Labute approximate surface area is 170 Å². The Morgan fingerprint density at radius 3 is 2.24 bits per heavy atom. The van der Waals surface area contributed by atoms with Gasteiger partial charge in [0.15, 0.2) is 9.84 Å². The molecular formula is C19H25N3O6S. The van der Waals surface area contributed by atoms with E-state index in [1.54, 1.807) is 40.8 Å². The fourth-order valence-corrected chi connectivity index (χ4v) is 4.59. The number of hydroxylamine groups is 2. The predicted molar refractivity (Wildman–Crippen MR) is 106 cm³/mol. The summed E-state index contributed by atoms with van der Waals surface area (Å²) in [4.78, 5) is 30.5. The Bertz CT molecular complexity index is 1100. The molecule has 0 atom stereocenters. The quantitative estimate of drug-likeness (QED) is 0.536. The maximum atomic E-state index is 13.4. The number of nitrogens with zero attached hydrogens (tertiary/aromatic N) is 3. The number of rotatable bonds is 5. The molecule has 2 rings (SSSR count). The van der Waals surface area contributed by atoms with Gasteiger partial charge in [-0.3, -0.25) is 9.63 Å². The van der Waals surface area contributed by atoms with Crippen molar-refractivity contribution < 1.29 is 27.6 Å². The first-order valence-electron chi connectivity index (χ1n) is 8.70. The van der Waals surface area contributed by atoms with Crippen molar-refractivity contribution in [3.05, 3.63) is 39.6 Å². The molecule has 0 fully saturated rings. The Morgan fingerprint density at radius 2 is 1.72 bits per heavy atom. The van der Waals surface area contributed by atoms with Crippen LogP contribution in [0, 0.1) is 27.7 Å². The van der Waals surface area contributed by atoms with E-state index in [1.165, 1.54) is 18.8 Å². The summed E-state index contributed by atoms with van der Waals surface area (Å²) in [6.45, 7) is 6.63. The summed E-state index contributed by atoms with van der Waals surface area (Å²) in [6.07, 6.45) is 0.319. The van der Waals surface area contributed by atoms with Crippen molar-refractivity contribution in [3.63, 3.8) is 0 Å². The summed E-state index contributed by atoms with van der Waals surface area (Å²) >= 11 is 0. The molecule has 2 aromatic rings. The first-order chi connectivity index (χ1) is 13.3. The van der Waals surface area contributed by atoms with Crippen molar-refractivity contribution in [2.24, 2.45) is 7.05 Å². The highest BCUT2D eigenvalue weighted by Gasteiger charge is 2.29. The van der Waals surface area contributed by atoms with Gasteiger partial charge in [0.05, 0.1) is 17.7 Å². The van der Waals surface area contributed by atoms with Crippen LogP contribution in [0.2, 0.25) is 0 Å². The van der Waals surface area contributed by atoms with Crippen LogP contribution in [0.1, 0.15) is 38.3 Å². The van der Waals surface area contributed by atoms with Gasteiger partial charge in [-0.05, 0) is 50.5 Å². The second-order valence-corrected chi connectivity index (χ2v) is 8.81. The van der Waals surface area contributed by atoms with Gasteiger partial charge in [0, 0.05) is 25.9 Å². The lowest BCUT2D eigenvalue weighted by Gasteiger charge is -2.16. The maximum absolute atomic E-state index is 13.4. The van der Waals surface area contributed by atoms with Gasteiger partial charge in [-0.2, -0.15) is 10.2 Å². The molecule has 0 aliphatic carbocycles. The second-order valence-electron chi connectivity index (χ2n) is 6.86. The van der Waals surface area contributed by atoms with E-state index >= 15 is 0 Å². The zero-order chi connectivity index (χ0) is 22.3. The molecule has 0 aliphatic rings. The van der Waals surface area contributed by atoms with Crippen LogP contribution in [0.15, 0.2) is 11.0 Å². The normalized spacial score (nSPS) is 11.4. The minimum absolute atomic E-state index is 0.0247. The monoisotopic (exact) mass is 423 g/mol. The summed E-state index contributed by atoms with van der Waals surface area (Å²) in [6, 6.07) is 1.54. The first-order valence-corrected chi connectivity index (χ1v) is 10.6. The summed E-state index contributed by atoms with van der Waals surface area (Å²) in [7, 11) is 0.775. The largest absolute Gasteiger partial charge is 0.440 e. The number of benzene rings is 1. The highest BCUT2D eigenvalue weighted by Crippen LogP contribution is 2.31. The predicted octanol–water partition coefficient (Wildman–Crippen LogP) is 2.28. The molecule has 0 saturated carbocycles. The molecule has 1 aromatic heterocycles. The number of hydrogen-bond acceptors (Lipinski definition) is 7. The van der Waals surface area contributed by atoms with Crippen LogP contribution in [-0.4, -0.2) is 55.6 Å². The van der Waals surface area contributed by atoms with E-state index < -0.39 is 21.7 Å². The topological polar surface area (TPSA) is 108 Å². The van der Waals surface area contributed by atoms with Crippen molar-refractivity contribution >= 4 is 21.7 Å². The standard InChI is InChI=1S/C19H25N3O6S/c1-10-9-14(11(2)12(3)17(10)29(8,25)26)16(23)15-13(4)20-21(5)18(15)28-19(24)22(6)27-7/h9H,1-8H3. The molecule has 158 valence electrons. The average molecular weight is 423 g/mol. The Morgan fingerprint density at radius 1 is 1.14 bits per heavy atom. The number of ketones is 1. The number of hydrogen-bond donors (Lipinski definition) is 0. The molecule has 0 N–H and O–H groups in total. The summed E-state index contributed by atoms with van der Waals surface area (Å²) in [5.41, 5.74) is 2.34. The van der Waals surface area contributed by atoms with Gasteiger partial charge in [-0.25, -0.2) is 17.9 Å². The number of aryl methyl sites for hydroxylation is 3. The van der Waals surface area contributed by atoms with Crippen molar-refractivity contribution in [2.75, 3.05) is 20.4 Å². The lowest BCUT2D eigenvalue weighted by atomic mass is 9.94. The Kier molecular flexibility index (Phi) is 6.19. The van der Waals surface area contributed by atoms with Crippen molar-refractivity contribution in [1.82, 2.24) is 14.8 Å². The number of aromatic nitrogens is 2. The molecule has 9 nitrogen and oxygen atoms in total. The van der Waals surface area contributed by atoms with Gasteiger partial charge < -0.3 is 4.74 Å². The minimum atomic E-state index is -3.45. The van der Waals surface area contributed by atoms with Gasteiger partial charge in [0.2, 0.25) is 11.7 Å². The molecule has 1 aromatic carbocycles. The van der Waals surface area contributed by atoms with Gasteiger partial charge in [-0.15, -0.1) is 0 Å². The fraction of sp³-hybridized carbons (Fsp3) is 0.421. The molecule has 0 saturated heterocycles. The number of carbonyl (C=O) groups is 2. The number of sulfone groups is 1. The SMILES string of the molecule is CON(C)C(=O)Oc1c(C(=O)c2cc(C)c(S(C)(=O)=O)c(C)c2C)c(C)nn1C. The van der Waals surface area contributed by atoms with Crippen molar-refractivity contribution in [2.45, 2.75) is 32.6 Å². The molecule has 10 heteroatoms. The average Bonchev–Trinajstić information content (AvgIpc) is 2.88. The third-order valence-electron chi connectivity index (χ3n) is 4.75. The molecule has 0 unspecified atom stereocenters. The zero-order valence-corrected chi connectivity index (χ0v) is 18.6. The minimum Gasteiger partial charge on any atom is -0.389 e. The van der Waals surface area contributed by atoms with E-state index in [4.69, 9.17) is 9.57 Å². The molecule has 0 spiro atoms. The Balaban J connectivity index is 2.64. The van der Waals surface area contributed by atoms with E-state index in [0.29, 0.717) is 27.9 Å². The second kappa shape index (κ2) is 7.96. The molecule has 0 bridgehead atoms. The van der Waals surface area contributed by atoms with E-state index in [0.717, 1.165) is 11.3 Å². The van der Waals surface area contributed by atoms with Gasteiger partial charge in [0.1, 0.15) is 5.56 Å². The van der Waals surface area contributed by atoms with Crippen LogP contribution in [0.3, 0.4) is 0 Å². The molecule has 29 heavy (non-hydrogen) atoms. The van der Waals surface area contributed by atoms with E-state index in [9.17, 15) is 18.0 Å². The van der Waals surface area contributed by atoms with Crippen LogP contribution < -0.4 is 4.74 Å². The van der Waals surface area contributed by atoms with Crippen molar-refractivity contribution in [3.8, 4) is 5.88 Å². The summed E-state index contributed by atoms with van der Waals surface area (Å²) < 4.78 is 30.9. The van der Waals surface area contributed by atoms with Crippen LogP contribution in [-0.2, 0) is 21.7 Å². The van der Waals surface area contributed by atoms with Gasteiger partial charge in [-0.1, -0.05) is 0 Å². The molecular weight excluding hydrogens is 398 g/mol. The lowest BCUT2D eigenvalue weighted by Crippen LogP contribution is -2.29. The third-order valence-corrected chi connectivity index (χ3v) is 6.12. The number of ether oxygens (including phenoxy) is 1. The van der Waals surface area contributed by atoms with Gasteiger partial charge in [0.25, 0.3) is 0 Å². The van der Waals surface area contributed by atoms with Gasteiger partial charge >= 0.3 is 6.09 Å². The zero-order valence-electron chi connectivity index (χ0n) is 17.8.